The molecule has 0 radical (unpaired) electrons. The summed E-state index contributed by atoms with van der Waals surface area (Å²) >= 11 is 0. The zero-order chi connectivity index (χ0) is 24.8. The molecule has 0 aliphatic carbocycles. The van der Waals surface area contributed by atoms with E-state index in [1.165, 1.54) is 11.8 Å². The fourth-order valence-corrected chi connectivity index (χ4v) is 3.86. The number of methoxy groups -OCH3 is 1. The quantitative estimate of drug-likeness (QED) is 0.149. The predicted molar refractivity (Wildman–Crippen MR) is 125 cm³/mol. The molecule has 0 spiro atoms. The van der Waals surface area contributed by atoms with E-state index in [4.69, 9.17) is 14.2 Å². The molecule has 1 unspecified atom stereocenters. The number of nitrogens with zero attached hydrogens (tertiary/aromatic N) is 1. The molecule has 1 atom stereocenters. The van der Waals surface area contributed by atoms with Gasteiger partial charge in [-0.2, -0.15) is 0 Å². The molecule has 8 nitrogen and oxygen atoms in total. The second-order valence-corrected chi connectivity index (χ2v) is 8.20. The molecule has 1 N–H and O–H groups in total. The average molecular weight is 468 g/mol. The summed E-state index contributed by atoms with van der Waals surface area (Å²) in [5.74, 6) is -1.32. The fraction of sp³-hybridized carbons (Fsp3) is 0.346. The van der Waals surface area contributed by atoms with Crippen molar-refractivity contribution in [1.82, 2.24) is 4.90 Å². The van der Waals surface area contributed by atoms with Gasteiger partial charge in [-0.3, -0.25) is 14.4 Å². The van der Waals surface area contributed by atoms with Crippen LogP contribution in [0.15, 0.2) is 54.1 Å². The van der Waals surface area contributed by atoms with Gasteiger partial charge in [0, 0.05) is 32.7 Å². The Morgan fingerprint density at radius 1 is 1.09 bits per heavy atom. The van der Waals surface area contributed by atoms with E-state index in [9.17, 15) is 19.5 Å². The van der Waals surface area contributed by atoms with E-state index in [0.29, 0.717) is 35.7 Å². The Kier molecular flexibility index (Phi) is 8.07. The summed E-state index contributed by atoms with van der Waals surface area (Å²) in [5.41, 5.74) is 0.961. The highest BCUT2D eigenvalue weighted by molar-refractivity contribution is 6.46. The number of ketones is 1. The summed E-state index contributed by atoms with van der Waals surface area (Å²) < 4.78 is 15.9. The molecule has 3 rings (SSSR count). The number of hydrogen-bond acceptors (Lipinski definition) is 7. The van der Waals surface area contributed by atoms with Crippen LogP contribution in [0.4, 0.5) is 0 Å². The SMILES string of the molecule is COCCCN1C(=O)C(=O)/C(=C(\O)c2cccc(OC(C)C)c2)C1c1ccc(OC(C)=O)cc1. The second kappa shape index (κ2) is 11.0. The van der Waals surface area contributed by atoms with Crippen molar-refractivity contribution in [2.45, 2.75) is 39.3 Å². The summed E-state index contributed by atoms with van der Waals surface area (Å²) in [6.45, 7) is 5.75. The van der Waals surface area contributed by atoms with E-state index in [2.05, 4.69) is 0 Å². The molecule has 2 aromatic rings. The van der Waals surface area contributed by atoms with Gasteiger partial charge in [-0.15, -0.1) is 0 Å². The van der Waals surface area contributed by atoms with Gasteiger partial charge >= 0.3 is 5.97 Å². The fourth-order valence-electron chi connectivity index (χ4n) is 3.86. The lowest BCUT2D eigenvalue weighted by Crippen LogP contribution is -2.31. The standard InChI is InChI=1S/C26H29NO7/c1-16(2)33-21-8-5-7-19(15-21)24(29)22-23(18-9-11-20(12-10-18)34-17(3)28)27(13-6-14-32-4)26(31)25(22)30/h5,7-12,15-16,23,29H,6,13-14H2,1-4H3/b24-22-. The van der Waals surface area contributed by atoms with Crippen LogP contribution >= 0.6 is 0 Å². The van der Waals surface area contributed by atoms with Crippen molar-refractivity contribution in [2.24, 2.45) is 0 Å². The minimum Gasteiger partial charge on any atom is -0.507 e. The van der Waals surface area contributed by atoms with E-state index < -0.39 is 23.7 Å². The molecule has 0 saturated carbocycles. The Morgan fingerprint density at radius 3 is 2.41 bits per heavy atom. The van der Waals surface area contributed by atoms with Crippen LogP contribution in [-0.4, -0.2) is 54.0 Å². The first-order valence-electron chi connectivity index (χ1n) is 11.1. The summed E-state index contributed by atoms with van der Waals surface area (Å²) in [6.07, 6.45) is 0.447. The van der Waals surface area contributed by atoms with Crippen molar-refractivity contribution >= 4 is 23.4 Å². The zero-order valence-corrected chi connectivity index (χ0v) is 19.7. The first-order chi connectivity index (χ1) is 16.2. The Morgan fingerprint density at radius 2 is 1.79 bits per heavy atom. The van der Waals surface area contributed by atoms with Crippen LogP contribution in [-0.2, 0) is 19.1 Å². The van der Waals surface area contributed by atoms with Gasteiger partial charge in [-0.05, 0) is 50.1 Å². The zero-order valence-electron chi connectivity index (χ0n) is 19.7. The Labute approximate surface area is 198 Å². The van der Waals surface area contributed by atoms with Crippen LogP contribution in [0.25, 0.3) is 5.76 Å². The molecular weight excluding hydrogens is 438 g/mol. The highest BCUT2D eigenvalue weighted by Gasteiger charge is 2.45. The number of carbonyl (C=O) groups excluding carboxylic acids is 3. The van der Waals surface area contributed by atoms with Crippen LogP contribution in [0.3, 0.4) is 0 Å². The van der Waals surface area contributed by atoms with Crippen molar-refractivity contribution < 1.29 is 33.7 Å². The number of carbonyl (C=O) groups is 3. The van der Waals surface area contributed by atoms with Crippen LogP contribution in [0.1, 0.15) is 44.4 Å². The Balaban J connectivity index is 2.08. The number of Topliss-reactive ketones (excluding diaryl/α,β-unsaturated/α-hetero) is 1. The summed E-state index contributed by atoms with van der Waals surface area (Å²) in [5, 5.41) is 11.2. The van der Waals surface area contributed by atoms with Crippen LogP contribution in [0.2, 0.25) is 0 Å². The third-order valence-corrected chi connectivity index (χ3v) is 5.22. The maximum atomic E-state index is 13.1. The van der Waals surface area contributed by atoms with Crippen molar-refractivity contribution in [3.63, 3.8) is 0 Å². The van der Waals surface area contributed by atoms with Gasteiger partial charge in [0.2, 0.25) is 0 Å². The van der Waals surface area contributed by atoms with E-state index in [1.807, 2.05) is 13.8 Å². The van der Waals surface area contributed by atoms with Crippen molar-refractivity contribution in [1.29, 1.82) is 0 Å². The van der Waals surface area contributed by atoms with E-state index >= 15 is 0 Å². The highest BCUT2D eigenvalue weighted by Crippen LogP contribution is 2.40. The molecule has 1 heterocycles. The summed E-state index contributed by atoms with van der Waals surface area (Å²) in [4.78, 5) is 38.7. The molecule has 2 aromatic carbocycles. The molecule has 1 aliphatic rings. The summed E-state index contributed by atoms with van der Waals surface area (Å²) in [6, 6.07) is 12.5. The number of aliphatic hydroxyl groups is 1. The van der Waals surface area contributed by atoms with Crippen LogP contribution < -0.4 is 9.47 Å². The van der Waals surface area contributed by atoms with Gasteiger partial charge in [0.1, 0.15) is 17.3 Å². The van der Waals surface area contributed by atoms with Crippen LogP contribution in [0.5, 0.6) is 11.5 Å². The van der Waals surface area contributed by atoms with Gasteiger partial charge in [0.05, 0.1) is 17.7 Å². The van der Waals surface area contributed by atoms with Gasteiger partial charge in [-0.25, -0.2) is 0 Å². The molecule has 1 saturated heterocycles. The van der Waals surface area contributed by atoms with Crippen molar-refractivity contribution in [3.8, 4) is 11.5 Å². The molecule has 0 bridgehead atoms. The molecule has 180 valence electrons. The minimum atomic E-state index is -0.807. The lowest BCUT2D eigenvalue weighted by molar-refractivity contribution is -0.140. The number of aliphatic hydroxyl groups excluding tert-OH is 1. The number of likely N-dealkylation sites (tertiary alicyclic amines) is 1. The lowest BCUT2D eigenvalue weighted by Gasteiger charge is -2.25. The first kappa shape index (κ1) is 25.0. The molecule has 1 amide bonds. The Bertz CT molecular complexity index is 1090. The maximum absolute atomic E-state index is 13.1. The van der Waals surface area contributed by atoms with Gasteiger partial charge < -0.3 is 24.2 Å². The first-order valence-corrected chi connectivity index (χ1v) is 11.1. The monoisotopic (exact) mass is 467 g/mol. The van der Waals surface area contributed by atoms with Gasteiger partial charge in [0.25, 0.3) is 11.7 Å². The van der Waals surface area contributed by atoms with Crippen molar-refractivity contribution in [2.75, 3.05) is 20.3 Å². The number of rotatable bonds is 9. The number of benzene rings is 2. The third kappa shape index (κ3) is 5.63. The number of ether oxygens (including phenoxy) is 3. The molecular formula is C26H29NO7. The number of hydrogen-bond donors (Lipinski definition) is 1. The molecule has 1 aliphatic heterocycles. The van der Waals surface area contributed by atoms with Crippen LogP contribution in [0, 0.1) is 0 Å². The third-order valence-electron chi connectivity index (χ3n) is 5.22. The average Bonchev–Trinajstić information content (AvgIpc) is 3.03. The lowest BCUT2D eigenvalue weighted by atomic mass is 9.95. The predicted octanol–water partition coefficient (Wildman–Crippen LogP) is 3.86. The molecule has 8 heteroatoms. The minimum absolute atomic E-state index is 0.00986. The molecule has 0 aromatic heterocycles. The molecule has 1 fully saturated rings. The normalized spacial score (nSPS) is 17.3. The van der Waals surface area contributed by atoms with E-state index in [-0.39, 0.29) is 24.0 Å². The van der Waals surface area contributed by atoms with E-state index in [0.717, 1.165) is 0 Å². The topological polar surface area (TPSA) is 102 Å². The maximum Gasteiger partial charge on any atom is 0.308 e. The van der Waals surface area contributed by atoms with E-state index in [1.54, 1.807) is 55.6 Å². The van der Waals surface area contributed by atoms with Crippen molar-refractivity contribution in [3.05, 3.63) is 65.2 Å². The number of amides is 1. The summed E-state index contributed by atoms with van der Waals surface area (Å²) in [7, 11) is 1.56. The van der Waals surface area contributed by atoms with Gasteiger partial charge in [0.15, 0.2) is 0 Å². The molecule has 34 heavy (non-hydrogen) atoms. The smallest absolute Gasteiger partial charge is 0.308 e. The highest BCUT2D eigenvalue weighted by atomic mass is 16.5. The Hall–Kier alpha value is -3.65. The van der Waals surface area contributed by atoms with Gasteiger partial charge in [-0.1, -0.05) is 24.3 Å². The largest absolute Gasteiger partial charge is 0.507 e. The second-order valence-electron chi connectivity index (χ2n) is 8.20. The number of esters is 1.